The van der Waals surface area contributed by atoms with Crippen molar-refractivity contribution in [3.63, 3.8) is 0 Å². The summed E-state index contributed by atoms with van der Waals surface area (Å²) in [4.78, 5) is 5.80. The van der Waals surface area contributed by atoms with Crippen LogP contribution in [0.3, 0.4) is 0 Å². The van der Waals surface area contributed by atoms with Gasteiger partial charge in [-0.15, -0.1) is 11.3 Å². The van der Waals surface area contributed by atoms with Crippen LogP contribution in [-0.2, 0) is 10.0 Å². The van der Waals surface area contributed by atoms with Crippen LogP contribution in [0.1, 0.15) is 37.5 Å². The predicted molar refractivity (Wildman–Crippen MR) is 101 cm³/mol. The van der Waals surface area contributed by atoms with Gasteiger partial charge in [0.15, 0.2) is 5.96 Å². The van der Waals surface area contributed by atoms with E-state index in [1.807, 2.05) is 18.4 Å². The van der Waals surface area contributed by atoms with Crippen LogP contribution in [0.2, 0.25) is 0 Å². The van der Waals surface area contributed by atoms with Gasteiger partial charge in [-0.3, -0.25) is 4.99 Å². The number of nitrogens with one attached hydrogen (secondary N) is 2. The van der Waals surface area contributed by atoms with Crippen LogP contribution < -0.4 is 10.6 Å². The predicted octanol–water partition coefficient (Wildman–Crippen LogP) is 2.72. The van der Waals surface area contributed by atoms with E-state index >= 15 is 0 Å². The number of alkyl halides is 3. The summed E-state index contributed by atoms with van der Waals surface area (Å²) in [7, 11) is -5.25. The lowest BCUT2D eigenvalue weighted by molar-refractivity contribution is -0.0494. The third-order valence-corrected chi connectivity index (χ3v) is 7.06. The zero-order chi connectivity index (χ0) is 20.1. The van der Waals surface area contributed by atoms with Gasteiger partial charge in [0.2, 0.25) is 0 Å². The van der Waals surface area contributed by atoms with E-state index in [2.05, 4.69) is 28.6 Å². The Morgan fingerprint density at radius 2 is 2.07 bits per heavy atom. The molecule has 6 nitrogen and oxygen atoms in total. The zero-order valence-electron chi connectivity index (χ0n) is 15.3. The first-order valence-electron chi connectivity index (χ1n) is 8.79. The minimum atomic E-state index is -5.25. The fourth-order valence-electron chi connectivity index (χ4n) is 2.79. The van der Waals surface area contributed by atoms with E-state index in [0.29, 0.717) is 36.2 Å². The molecule has 154 valence electrons. The molecule has 0 amide bonds. The monoisotopic (exact) mass is 426 g/mol. The molecule has 2 N–H and O–H groups in total. The van der Waals surface area contributed by atoms with Crippen LogP contribution in [0.15, 0.2) is 22.5 Å². The van der Waals surface area contributed by atoms with Gasteiger partial charge in [-0.05, 0) is 31.2 Å². The van der Waals surface area contributed by atoms with Crippen molar-refractivity contribution >= 4 is 27.3 Å². The summed E-state index contributed by atoms with van der Waals surface area (Å²) in [5.74, 6) is 0.859. The fraction of sp³-hybridized carbons (Fsp3) is 0.688. The van der Waals surface area contributed by atoms with E-state index in [-0.39, 0.29) is 25.0 Å². The maximum atomic E-state index is 12.6. The topological polar surface area (TPSA) is 73.8 Å². The van der Waals surface area contributed by atoms with Crippen molar-refractivity contribution in [1.82, 2.24) is 14.9 Å². The lowest BCUT2D eigenvalue weighted by Gasteiger charge is -2.32. The van der Waals surface area contributed by atoms with Crippen molar-refractivity contribution < 1.29 is 21.6 Å². The van der Waals surface area contributed by atoms with Crippen LogP contribution in [0.25, 0.3) is 0 Å². The number of rotatable bonds is 6. The smallest absolute Gasteiger partial charge is 0.357 e. The van der Waals surface area contributed by atoms with E-state index < -0.39 is 15.5 Å². The molecular formula is C16H25F3N4O2S2. The summed E-state index contributed by atoms with van der Waals surface area (Å²) in [6.07, 6.45) is 0.584. The van der Waals surface area contributed by atoms with Crippen LogP contribution in [0.5, 0.6) is 0 Å². The van der Waals surface area contributed by atoms with E-state index in [0.717, 1.165) is 0 Å². The Morgan fingerprint density at radius 1 is 1.41 bits per heavy atom. The Kier molecular flexibility index (Phi) is 7.52. The second-order valence-corrected chi connectivity index (χ2v) is 9.31. The molecule has 11 heteroatoms. The summed E-state index contributed by atoms with van der Waals surface area (Å²) in [6, 6.07) is 3.92. The Morgan fingerprint density at radius 3 is 2.59 bits per heavy atom. The van der Waals surface area contributed by atoms with Crippen LogP contribution >= 0.6 is 11.3 Å². The van der Waals surface area contributed by atoms with Crippen LogP contribution in [0.4, 0.5) is 13.2 Å². The molecule has 0 bridgehead atoms. The lowest BCUT2D eigenvalue weighted by Crippen LogP contribution is -2.51. The van der Waals surface area contributed by atoms with E-state index in [9.17, 15) is 21.6 Å². The van der Waals surface area contributed by atoms with E-state index in [1.54, 1.807) is 11.3 Å². The van der Waals surface area contributed by atoms with Crippen LogP contribution in [0, 0.1) is 0 Å². The van der Waals surface area contributed by atoms with Gasteiger partial charge in [-0.2, -0.15) is 17.5 Å². The van der Waals surface area contributed by atoms with Gasteiger partial charge in [-0.25, -0.2) is 8.42 Å². The van der Waals surface area contributed by atoms with E-state index in [4.69, 9.17) is 0 Å². The second-order valence-electron chi connectivity index (χ2n) is 6.40. The van der Waals surface area contributed by atoms with Crippen molar-refractivity contribution in [2.45, 2.75) is 44.2 Å². The third-order valence-electron chi connectivity index (χ3n) is 4.32. The number of nitrogens with zero attached hydrogens (tertiary/aromatic N) is 2. The summed E-state index contributed by atoms with van der Waals surface area (Å²) in [6.45, 7) is 4.92. The molecule has 1 saturated heterocycles. The average molecular weight is 427 g/mol. The fourth-order valence-corrected chi connectivity index (χ4v) is 4.55. The molecular weight excluding hydrogens is 401 g/mol. The molecule has 0 spiro atoms. The molecule has 0 radical (unpaired) electrons. The standard InChI is InChI=1S/C16H25F3N4O2S2/c1-3-20-15(21-11-12(2)14-5-4-10-26-14)22-13-6-8-23(9-7-13)27(24,25)16(17,18)19/h4-5,10,12-13H,3,6-9,11H2,1-2H3,(H2,20,21,22). The Bertz CT molecular complexity index is 713. The van der Waals surface area contributed by atoms with Gasteiger partial charge in [0.05, 0.1) is 6.54 Å². The van der Waals surface area contributed by atoms with Gasteiger partial charge >= 0.3 is 15.5 Å². The first-order chi connectivity index (χ1) is 12.6. The van der Waals surface area contributed by atoms with Gasteiger partial charge < -0.3 is 10.6 Å². The van der Waals surface area contributed by atoms with Crippen molar-refractivity contribution in [3.05, 3.63) is 22.4 Å². The van der Waals surface area contributed by atoms with Crippen molar-refractivity contribution in [2.75, 3.05) is 26.2 Å². The van der Waals surface area contributed by atoms with Crippen molar-refractivity contribution in [3.8, 4) is 0 Å². The van der Waals surface area contributed by atoms with Gasteiger partial charge in [0, 0.05) is 36.5 Å². The Balaban J connectivity index is 1.91. The Hall–Kier alpha value is -1.33. The van der Waals surface area contributed by atoms with Crippen LogP contribution in [-0.4, -0.2) is 56.4 Å². The minimum absolute atomic E-state index is 0.125. The first-order valence-corrected chi connectivity index (χ1v) is 11.1. The van der Waals surface area contributed by atoms with Crippen molar-refractivity contribution in [2.24, 2.45) is 4.99 Å². The highest BCUT2D eigenvalue weighted by atomic mass is 32.2. The molecule has 1 aromatic rings. The number of hydrogen-bond acceptors (Lipinski definition) is 4. The highest BCUT2D eigenvalue weighted by Gasteiger charge is 2.50. The van der Waals surface area contributed by atoms with Gasteiger partial charge in [-0.1, -0.05) is 13.0 Å². The maximum absolute atomic E-state index is 12.6. The number of guanidine groups is 1. The number of sulfonamides is 1. The minimum Gasteiger partial charge on any atom is -0.357 e. The molecule has 0 aliphatic carbocycles. The second kappa shape index (κ2) is 9.24. The summed E-state index contributed by atoms with van der Waals surface area (Å²) >= 11 is 1.67. The molecule has 0 aromatic carbocycles. The number of aliphatic imine (C=N–C) groups is 1. The summed E-state index contributed by atoms with van der Waals surface area (Å²) in [5.41, 5.74) is -5.25. The van der Waals surface area contributed by atoms with Gasteiger partial charge in [0.25, 0.3) is 0 Å². The molecule has 1 aliphatic rings. The van der Waals surface area contributed by atoms with E-state index in [1.165, 1.54) is 4.88 Å². The third kappa shape index (κ3) is 5.82. The lowest BCUT2D eigenvalue weighted by atomic mass is 10.1. The largest absolute Gasteiger partial charge is 0.511 e. The quantitative estimate of drug-likeness (QED) is 0.542. The molecule has 0 saturated carbocycles. The number of piperidine rings is 1. The summed E-state index contributed by atoms with van der Waals surface area (Å²) < 4.78 is 61.4. The highest BCUT2D eigenvalue weighted by Crippen LogP contribution is 2.29. The summed E-state index contributed by atoms with van der Waals surface area (Å²) in [5, 5.41) is 8.35. The first kappa shape index (κ1) is 22.0. The average Bonchev–Trinajstić information content (AvgIpc) is 3.14. The number of hydrogen-bond donors (Lipinski definition) is 2. The molecule has 27 heavy (non-hydrogen) atoms. The SMILES string of the molecule is CCNC(=NCC(C)c1cccs1)NC1CCN(S(=O)(=O)C(F)(F)F)CC1. The molecule has 2 heterocycles. The highest BCUT2D eigenvalue weighted by molar-refractivity contribution is 7.90. The zero-order valence-corrected chi connectivity index (χ0v) is 16.9. The molecule has 1 fully saturated rings. The molecule has 1 unspecified atom stereocenters. The van der Waals surface area contributed by atoms with Crippen molar-refractivity contribution in [1.29, 1.82) is 0 Å². The maximum Gasteiger partial charge on any atom is 0.511 e. The molecule has 1 aromatic heterocycles. The Labute approximate surface area is 161 Å². The molecule has 2 rings (SSSR count). The number of thiophene rings is 1. The number of halogens is 3. The molecule has 1 aliphatic heterocycles. The normalized spacial score (nSPS) is 19.1. The van der Waals surface area contributed by atoms with Gasteiger partial charge in [0.1, 0.15) is 0 Å². The molecule has 1 atom stereocenters.